The zero-order valence-corrected chi connectivity index (χ0v) is 13.9. The molecule has 6 nitrogen and oxygen atoms in total. The summed E-state index contributed by atoms with van der Waals surface area (Å²) in [5.74, 6) is 0.0329. The summed E-state index contributed by atoms with van der Waals surface area (Å²) in [4.78, 5) is 14.3. The predicted octanol–water partition coefficient (Wildman–Crippen LogP) is 1.44. The van der Waals surface area contributed by atoms with Crippen molar-refractivity contribution >= 4 is 21.7 Å². The van der Waals surface area contributed by atoms with Crippen LogP contribution in [0.4, 0.5) is 0 Å². The number of carbonyl (C=O) groups excluding carboxylic acids is 1. The van der Waals surface area contributed by atoms with Gasteiger partial charge in [-0.2, -0.15) is 5.10 Å². The number of halogens is 1. The fourth-order valence-electron chi connectivity index (χ4n) is 1.63. The maximum Gasteiger partial charge on any atom is 0.184 e. The number of hydrogen-bond donors (Lipinski definition) is 0. The van der Waals surface area contributed by atoms with Gasteiger partial charge in [0.15, 0.2) is 5.78 Å². The highest BCUT2D eigenvalue weighted by Crippen LogP contribution is 2.17. The molecule has 0 aromatic carbocycles. The van der Waals surface area contributed by atoms with Crippen LogP contribution < -0.4 is 0 Å². The number of aromatic nitrogens is 2. The first-order valence-corrected chi connectivity index (χ1v) is 7.31. The van der Waals surface area contributed by atoms with Crippen molar-refractivity contribution in [3.8, 4) is 0 Å². The first-order valence-electron chi connectivity index (χ1n) is 6.52. The van der Waals surface area contributed by atoms with Gasteiger partial charge in [0.2, 0.25) is 0 Å². The smallest absolute Gasteiger partial charge is 0.184 e. The molecule has 0 fully saturated rings. The van der Waals surface area contributed by atoms with E-state index in [-0.39, 0.29) is 5.78 Å². The Labute approximate surface area is 128 Å². The van der Waals surface area contributed by atoms with Crippen LogP contribution in [0.1, 0.15) is 16.9 Å². The average Bonchev–Trinajstić information content (AvgIpc) is 2.77. The third-order valence-electron chi connectivity index (χ3n) is 2.72. The predicted molar refractivity (Wildman–Crippen MR) is 80.1 cm³/mol. The van der Waals surface area contributed by atoms with Gasteiger partial charge in [0.05, 0.1) is 37.0 Å². The van der Waals surface area contributed by atoms with E-state index >= 15 is 0 Å². The lowest BCUT2D eigenvalue weighted by Crippen LogP contribution is -2.22. The molecule has 0 atom stereocenters. The summed E-state index contributed by atoms with van der Waals surface area (Å²) in [6, 6.07) is 0. The zero-order chi connectivity index (χ0) is 15.0. The van der Waals surface area contributed by atoms with E-state index in [0.29, 0.717) is 38.5 Å². The number of ketones is 1. The molecule has 1 aromatic rings. The first kappa shape index (κ1) is 17.3. The minimum absolute atomic E-state index is 0.0329. The first-order chi connectivity index (χ1) is 9.56. The van der Waals surface area contributed by atoms with Crippen LogP contribution in [0.25, 0.3) is 0 Å². The summed E-state index contributed by atoms with van der Waals surface area (Å²) in [5, 5.41) is 4.23. The second-order valence-corrected chi connectivity index (χ2v) is 5.50. The van der Waals surface area contributed by atoms with Gasteiger partial charge < -0.3 is 14.4 Å². The minimum Gasteiger partial charge on any atom is -0.382 e. The Bertz CT molecular complexity index is 421. The highest BCUT2D eigenvalue weighted by molar-refractivity contribution is 9.10. The van der Waals surface area contributed by atoms with Crippen molar-refractivity contribution in [2.75, 3.05) is 47.6 Å². The highest BCUT2D eigenvalue weighted by atomic mass is 79.9. The van der Waals surface area contributed by atoms with Crippen molar-refractivity contribution in [1.82, 2.24) is 14.7 Å². The van der Waals surface area contributed by atoms with Crippen LogP contribution in [0.3, 0.4) is 0 Å². The third kappa shape index (κ3) is 5.70. The normalized spacial score (nSPS) is 11.2. The van der Waals surface area contributed by atoms with Crippen LogP contribution in [-0.4, -0.2) is 68.0 Å². The SMILES string of the molecule is COCCOCCC(=O)c1c(Br)cnn1CCN(C)C. The second kappa shape index (κ2) is 9.23. The topological polar surface area (TPSA) is 56.6 Å². The molecule has 0 amide bonds. The Kier molecular flexibility index (Phi) is 7.98. The molecule has 0 N–H and O–H groups in total. The lowest BCUT2D eigenvalue weighted by molar-refractivity contribution is 0.0637. The molecule has 7 heteroatoms. The average molecular weight is 348 g/mol. The van der Waals surface area contributed by atoms with E-state index in [1.807, 2.05) is 14.1 Å². The van der Waals surface area contributed by atoms with E-state index < -0.39 is 0 Å². The molecular formula is C13H22BrN3O3. The fraction of sp³-hybridized carbons (Fsp3) is 0.692. The monoisotopic (exact) mass is 347 g/mol. The largest absolute Gasteiger partial charge is 0.382 e. The van der Waals surface area contributed by atoms with Crippen molar-refractivity contribution in [1.29, 1.82) is 0 Å². The van der Waals surface area contributed by atoms with Crippen LogP contribution in [0.2, 0.25) is 0 Å². The van der Waals surface area contributed by atoms with Gasteiger partial charge in [-0.25, -0.2) is 0 Å². The number of methoxy groups -OCH3 is 1. The molecule has 1 rings (SSSR count). The molecule has 0 saturated carbocycles. The lowest BCUT2D eigenvalue weighted by Gasteiger charge is -2.11. The molecule has 0 radical (unpaired) electrons. The molecular weight excluding hydrogens is 326 g/mol. The number of ether oxygens (including phenoxy) is 2. The van der Waals surface area contributed by atoms with Crippen molar-refractivity contribution in [2.45, 2.75) is 13.0 Å². The summed E-state index contributed by atoms with van der Waals surface area (Å²) in [7, 11) is 5.60. The van der Waals surface area contributed by atoms with Gasteiger partial charge in [0.1, 0.15) is 5.69 Å². The van der Waals surface area contributed by atoms with E-state index in [9.17, 15) is 4.79 Å². The molecule has 0 bridgehead atoms. The van der Waals surface area contributed by atoms with E-state index in [0.717, 1.165) is 11.0 Å². The zero-order valence-electron chi connectivity index (χ0n) is 12.3. The van der Waals surface area contributed by atoms with Gasteiger partial charge in [-0.15, -0.1) is 0 Å². The molecule has 0 aliphatic rings. The Balaban J connectivity index is 2.51. The molecule has 20 heavy (non-hydrogen) atoms. The third-order valence-corrected chi connectivity index (χ3v) is 3.30. The van der Waals surface area contributed by atoms with E-state index in [1.54, 1.807) is 18.0 Å². The Morgan fingerprint density at radius 2 is 2.15 bits per heavy atom. The van der Waals surface area contributed by atoms with Crippen LogP contribution in [-0.2, 0) is 16.0 Å². The van der Waals surface area contributed by atoms with Crippen LogP contribution in [0.5, 0.6) is 0 Å². The Morgan fingerprint density at radius 1 is 1.40 bits per heavy atom. The number of Topliss-reactive ketones (excluding diaryl/α,β-unsaturated/α-hetero) is 1. The minimum atomic E-state index is 0.0329. The van der Waals surface area contributed by atoms with Crippen molar-refractivity contribution in [3.63, 3.8) is 0 Å². The van der Waals surface area contributed by atoms with E-state index in [4.69, 9.17) is 9.47 Å². The molecule has 1 aromatic heterocycles. The number of rotatable bonds is 10. The van der Waals surface area contributed by atoms with Gasteiger partial charge in [-0.1, -0.05) is 0 Å². The maximum absolute atomic E-state index is 12.2. The molecule has 0 aliphatic heterocycles. The highest BCUT2D eigenvalue weighted by Gasteiger charge is 2.16. The molecule has 0 saturated heterocycles. The Morgan fingerprint density at radius 3 is 2.80 bits per heavy atom. The van der Waals surface area contributed by atoms with E-state index in [1.165, 1.54) is 0 Å². The number of hydrogen-bond acceptors (Lipinski definition) is 5. The summed E-state index contributed by atoms with van der Waals surface area (Å²) in [6.07, 6.45) is 2.00. The molecule has 1 heterocycles. The van der Waals surface area contributed by atoms with Crippen LogP contribution in [0.15, 0.2) is 10.7 Å². The quantitative estimate of drug-likeness (QED) is 0.473. The van der Waals surface area contributed by atoms with E-state index in [2.05, 4.69) is 25.9 Å². The van der Waals surface area contributed by atoms with Crippen LogP contribution >= 0.6 is 15.9 Å². The van der Waals surface area contributed by atoms with Gasteiger partial charge in [-0.3, -0.25) is 9.48 Å². The van der Waals surface area contributed by atoms with Crippen molar-refractivity contribution in [3.05, 3.63) is 16.4 Å². The summed E-state index contributed by atoms with van der Waals surface area (Å²) < 4.78 is 12.7. The van der Waals surface area contributed by atoms with Gasteiger partial charge in [0.25, 0.3) is 0 Å². The van der Waals surface area contributed by atoms with Crippen molar-refractivity contribution in [2.24, 2.45) is 0 Å². The van der Waals surface area contributed by atoms with Gasteiger partial charge >= 0.3 is 0 Å². The summed E-state index contributed by atoms with van der Waals surface area (Å²) in [5.41, 5.74) is 0.613. The maximum atomic E-state index is 12.2. The molecule has 0 unspecified atom stereocenters. The fourth-order valence-corrected chi connectivity index (χ4v) is 2.15. The van der Waals surface area contributed by atoms with Crippen molar-refractivity contribution < 1.29 is 14.3 Å². The summed E-state index contributed by atoms with van der Waals surface area (Å²) >= 11 is 3.38. The number of nitrogens with zero attached hydrogens (tertiary/aromatic N) is 3. The molecule has 0 spiro atoms. The number of carbonyl (C=O) groups is 1. The lowest BCUT2D eigenvalue weighted by atomic mass is 10.2. The standard InChI is InChI=1S/C13H22BrN3O3/c1-16(2)5-6-17-13(11(14)10-15-17)12(18)4-7-20-9-8-19-3/h10H,4-9H2,1-3H3. The molecule has 0 aliphatic carbocycles. The second-order valence-electron chi connectivity index (χ2n) is 4.65. The molecule has 114 valence electrons. The summed E-state index contributed by atoms with van der Waals surface area (Å²) in [6.45, 7) is 2.96. The Hall–Kier alpha value is -0.760. The van der Waals surface area contributed by atoms with Gasteiger partial charge in [-0.05, 0) is 30.0 Å². The van der Waals surface area contributed by atoms with Gasteiger partial charge in [0, 0.05) is 20.1 Å². The number of likely N-dealkylation sites (N-methyl/N-ethyl adjacent to an activating group) is 1. The van der Waals surface area contributed by atoms with Crippen LogP contribution in [0, 0.1) is 0 Å².